The number of ether oxygens (including phenoxy) is 2. The molecule has 0 saturated heterocycles. The maximum absolute atomic E-state index is 9.86. The number of fused-ring (bicyclic) bond motifs is 1. The Kier molecular flexibility index (Phi) is 5.77. The van der Waals surface area contributed by atoms with Gasteiger partial charge in [0.25, 0.3) is 0 Å². The molecule has 1 aromatic heterocycles. The Bertz CT molecular complexity index is 1130. The van der Waals surface area contributed by atoms with Crippen LogP contribution in [-0.4, -0.2) is 10.2 Å². The summed E-state index contributed by atoms with van der Waals surface area (Å²) < 4.78 is 12.8. The quantitative estimate of drug-likeness (QED) is 0.539. The summed E-state index contributed by atoms with van der Waals surface area (Å²) >= 11 is 3.45. The molecule has 0 aliphatic carbocycles. The summed E-state index contributed by atoms with van der Waals surface area (Å²) in [5.74, 6) is 0.789. The molecule has 3 N–H and O–H groups in total. The molecule has 152 valence electrons. The monoisotopic (exact) mass is 464 g/mol. The second-order valence-corrected chi connectivity index (χ2v) is 7.96. The fourth-order valence-corrected chi connectivity index (χ4v) is 3.92. The molecule has 1 atom stereocenters. The zero-order valence-electron chi connectivity index (χ0n) is 16.5. The molecule has 0 spiro atoms. The van der Waals surface area contributed by atoms with Crippen molar-refractivity contribution in [3.8, 4) is 17.7 Å². The van der Waals surface area contributed by atoms with Crippen LogP contribution in [0.25, 0.3) is 0 Å². The van der Waals surface area contributed by atoms with Crippen molar-refractivity contribution in [3.63, 3.8) is 0 Å². The third kappa shape index (κ3) is 3.79. The van der Waals surface area contributed by atoms with Crippen LogP contribution in [0.3, 0.4) is 0 Å². The minimum Gasteiger partial charge on any atom is -0.489 e. The first-order chi connectivity index (χ1) is 14.6. The van der Waals surface area contributed by atoms with Gasteiger partial charge in [-0.15, -0.1) is 5.10 Å². The summed E-state index contributed by atoms with van der Waals surface area (Å²) in [7, 11) is 0. The van der Waals surface area contributed by atoms with Gasteiger partial charge in [0.05, 0.1) is 11.5 Å². The molecule has 1 aliphatic heterocycles. The van der Waals surface area contributed by atoms with Crippen LogP contribution >= 0.6 is 15.9 Å². The van der Waals surface area contributed by atoms with E-state index in [4.69, 9.17) is 15.2 Å². The fraction of sp³-hybridized carbons (Fsp3) is 0.217. The van der Waals surface area contributed by atoms with Gasteiger partial charge in [-0.05, 0) is 30.2 Å². The lowest BCUT2D eigenvalue weighted by Crippen LogP contribution is -2.21. The van der Waals surface area contributed by atoms with Gasteiger partial charge in [-0.1, -0.05) is 59.6 Å². The number of nitrogens with two attached hydrogens (primary N) is 1. The first-order valence-corrected chi connectivity index (χ1v) is 10.5. The van der Waals surface area contributed by atoms with E-state index in [1.807, 2.05) is 48.5 Å². The van der Waals surface area contributed by atoms with Crippen molar-refractivity contribution in [2.75, 3.05) is 0 Å². The second kappa shape index (κ2) is 8.64. The van der Waals surface area contributed by atoms with Gasteiger partial charge in [0.2, 0.25) is 11.8 Å². The van der Waals surface area contributed by atoms with Gasteiger partial charge in [-0.25, -0.2) is 0 Å². The third-order valence-corrected chi connectivity index (χ3v) is 5.58. The van der Waals surface area contributed by atoms with Gasteiger partial charge in [0, 0.05) is 15.7 Å². The van der Waals surface area contributed by atoms with E-state index in [1.54, 1.807) is 0 Å². The number of benzene rings is 2. The molecule has 7 heteroatoms. The van der Waals surface area contributed by atoms with Crippen LogP contribution in [0, 0.1) is 11.3 Å². The number of hydrogen-bond donors (Lipinski definition) is 2. The summed E-state index contributed by atoms with van der Waals surface area (Å²) in [5, 5.41) is 17.2. The molecule has 3 aromatic rings. The number of rotatable bonds is 6. The lowest BCUT2D eigenvalue weighted by Gasteiger charge is -2.25. The van der Waals surface area contributed by atoms with Gasteiger partial charge in [-0.3, -0.25) is 5.10 Å². The van der Waals surface area contributed by atoms with E-state index in [2.05, 4.69) is 39.1 Å². The molecule has 0 fully saturated rings. The Morgan fingerprint density at radius 3 is 2.73 bits per heavy atom. The molecule has 0 radical (unpaired) electrons. The lowest BCUT2D eigenvalue weighted by molar-refractivity contribution is 0.301. The summed E-state index contributed by atoms with van der Waals surface area (Å²) in [6.45, 7) is 2.51. The van der Waals surface area contributed by atoms with Gasteiger partial charge in [-0.2, -0.15) is 5.26 Å². The van der Waals surface area contributed by atoms with Crippen molar-refractivity contribution >= 4 is 15.9 Å². The minimum absolute atomic E-state index is 0.0762. The number of nitriles is 1. The van der Waals surface area contributed by atoms with Crippen LogP contribution in [0.5, 0.6) is 11.6 Å². The number of nitrogens with one attached hydrogen (secondary N) is 1. The zero-order valence-corrected chi connectivity index (χ0v) is 18.1. The number of aryl methyl sites for hydroxylation is 1. The highest BCUT2D eigenvalue weighted by Crippen LogP contribution is 2.45. The van der Waals surface area contributed by atoms with E-state index in [0.29, 0.717) is 23.8 Å². The number of allylic oxidation sites excluding steroid dienone is 1. The van der Waals surface area contributed by atoms with Crippen molar-refractivity contribution in [2.45, 2.75) is 32.3 Å². The number of nitrogens with zero attached hydrogens (tertiary/aromatic N) is 2. The second-order valence-electron chi connectivity index (χ2n) is 7.05. The standard InChI is InChI=1S/C23H21BrN4O2/c1-2-5-18-21-20(17(12-25)22(26)30-23(21)28-27-18)16-6-3-4-7-19(16)29-13-14-8-10-15(24)11-9-14/h3-4,6-11,20H,2,5,13,26H2,1H3,(H,27,28)/t20-/m0/s1. The Morgan fingerprint density at radius 2 is 2.00 bits per heavy atom. The number of aromatic nitrogens is 2. The van der Waals surface area contributed by atoms with Gasteiger partial charge in [0.1, 0.15) is 24.0 Å². The van der Waals surface area contributed by atoms with Crippen LogP contribution in [0.1, 0.15) is 41.6 Å². The topological polar surface area (TPSA) is 97.0 Å². The lowest BCUT2D eigenvalue weighted by atomic mass is 9.83. The first kappa shape index (κ1) is 20.0. The molecule has 2 heterocycles. The van der Waals surface area contributed by atoms with Gasteiger partial charge in [0.15, 0.2) is 0 Å². The summed E-state index contributed by atoms with van der Waals surface area (Å²) in [6.07, 6.45) is 1.73. The Hall–Kier alpha value is -3.24. The maximum Gasteiger partial charge on any atom is 0.244 e. The molecule has 30 heavy (non-hydrogen) atoms. The predicted octanol–water partition coefficient (Wildman–Crippen LogP) is 4.92. The molecule has 1 aliphatic rings. The van der Waals surface area contributed by atoms with E-state index in [9.17, 15) is 5.26 Å². The van der Waals surface area contributed by atoms with Gasteiger partial charge < -0.3 is 15.2 Å². The average Bonchev–Trinajstić information content (AvgIpc) is 3.15. The van der Waals surface area contributed by atoms with Crippen LogP contribution in [0.4, 0.5) is 0 Å². The maximum atomic E-state index is 9.86. The average molecular weight is 465 g/mol. The number of H-pyrrole nitrogens is 1. The van der Waals surface area contributed by atoms with E-state index in [0.717, 1.165) is 39.7 Å². The number of aromatic amines is 1. The summed E-state index contributed by atoms with van der Waals surface area (Å²) in [5.41, 5.74) is 10.1. The summed E-state index contributed by atoms with van der Waals surface area (Å²) in [6, 6.07) is 17.9. The largest absolute Gasteiger partial charge is 0.489 e. The van der Waals surface area contributed by atoms with Crippen molar-refractivity contribution in [3.05, 3.63) is 86.8 Å². The summed E-state index contributed by atoms with van der Waals surface area (Å²) in [4.78, 5) is 0. The smallest absolute Gasteiger partial charge is 0.244 e. The van der Waals surface area contributed by atoms with Crippen molar-refractivity contribution in [1.82, 2.24) is 10.2 Å². The van der Waals surface area contributed by atoms with Crippen molar-refractivity contribution in [1.29, 1.82) is 5.26 Å². The van der Waals surface area contributed by atoms with Crippen molar-refractivity contribution < 1.29 is 9.47 Å². The molecular formula is C23H21BrN4O2. The normalized spacial score (nSPS) is 15.3. The highest BCUT2D eigenvalue weighted by atomic mass is 79.9. The molecule has 0 bridgehead atoms. The zero-order chi connectivity index (χ0) is 21.1. The molecule has 0 amide bonds. The highest BCUT2D eigenvalue weighted by Gasteiger charge is 2.36. The number of para-hydroxylation sites is 1. The number of halogens is 1. The SMILES string of the molecule is CCCc1[nH]nc2c1[C@@H](c1ccccc1OCc1ccc(Br)cc1)C(C#N)=C(N)O2. The molecule has 6 nitrogen and oxygen atoms in total. The molecule has 0 saturated carbocycles. The van der Waals surface area contributed by atoms with Crippen LogP contribution in [0.15, 0.2) is 64.5 Å². The van der Waals surface area contributed by atoms with E-state index in [-0.39, 0.29) is 5.88 Å². The van der Waals surface area contributed by atoms with Crippen LogP contribution in [-0.2, 0) is 13.0 Å². The molecule has 0 unspecified atom stereocenters. The molecule has 2 aromatic carbocycles. The van der Waals surface area contributed by atoms with E-state index in [1.165, 1.54) is 0 Å². The molecule has 4 rings (SSSR count). The number of hydrogen-bond acceptors (Lipinski definition) is 5. The fourth-order valence-electron chi connectivity index (χ4n) is 3.65. The van der Waals surface area contributed by atoms with E-state index < -0.39 is 5.92 Å². The van der Waals surface area contributed by atoms with E-state index >= 15 is 0 Å². The minimum atomic E-state index is -0.403. The molecular weight excluding hydrogens is 444 g/mol. The van der Waals surface area contributed by atoms with Gasteiger partial charge >= 0.3 is 0 Å². The Morgan fingerprint density at radius 1 is 1.23 bits per heavy atom. The third-order valence-electron chi connectivity index (χ3n) is 5.06. The van der Waals surface area contributed by atoms with Crippen LogP contribution < -0.4 is 15.2 Å². The predicted molar refractivity (Wildman–Crippen MR) is 117 cm³/mol. The first-order valence-electron chi connectivity index (χ1n) is 9.73. The highest BCUT2D eigenvalue weighted by molar-refractivity contribution is 9.10. The Balaban J connectivity index is 1.75. The van der Waals surface area contributed by atoms with Crippen LogP contribution in [0.2, 0.25) is 0 Å². The Labute approximate surface area is 183 Å². The van der Waals surface area contributed by atoms with Crippen molar-refractivity contribution in [2.24, 2.45) is 5.73 Å².